The van der Waals surface area contributed by atoms with Gasteiger partial charge in [-0.15, -0.1) is 0 Å². The largest absolute Gasteiger partial charge is 0.339 e. The van der Waals surface area contributed by atoms with Gasteiger partial charge in [0.15, 0.2) is 0 Å². The summed E-state index contributed by atoms with van der Waals surface area (Å²) in [5, 5.41) is 0. The summed E-state index contributed by atoms with van der Waals surface area (Å²) >= 11 is 0. The standard InChI is InChI=1S/C13H16N2O/c16-13(15-10-4-1-5-11-15)8-7-12-6-2-3-9-14-12/h2-3,6-9H,1,4-5,10-11H2. The van der Waals surface area contributed by atoms with Gasteiger partial charge in [-0.1, -0.05) is 6.07 Å². The van der Waals surface area contributed by atoms with Crippen LogP contribution in [0.5, 0.6) is 0 Å². The fraction of sp³-hybridized carbons (Fsp3) is 0.385. The van der Waals surface area contributed by atoms with Gasteiger partial charge in [0.1, 0.15) is 0 Å². The lowest BCUT2D eigenvalue weighted by Crippen LogP contribution is -2.34. The molecule has 1 aliphatic heterocycles. The van der Waals surface area contributed by atoms with E-state index in [-0.39, 0.29) is 5.91 Å². The molecule has 0 radical (unpaired) electrons. The van der Waals surface area contributed by atoms with Crippen molar-refractivity contribution in [3.63, 3.8) is 0 Å². The molecule has 84 valence electrons. The van der Waals surface area contributed by atoms with Crippen molar-refractivity contribution in [2.45, 2.75) is 19.3 Å². The van der Waals surface area contributed by atoms with E-state index in [0.717, 1.165) is 31.6 Å². The van der Waals surface area contributed by atoms with Crippen LogP contribution in [0.25, 0.3) is 6.08 Å². The van der Waals surface area contributed by atoms with Crippen LogP contribution in [0.2, 0.25) is 0 Å². The molecule has 2 heterocycles. The van der Waals surface area contributed by atoms with Crippen LogP contribution >= 0.6 is 0 Å². The third-order valence-electron chi connectivity index (χ3n) is 2.75. The molecule has 0 atom stereocenters. The summed E-state index contributed by atoms with van der Waals surface area (Å²) in [6.45, 7) is 1.79. The molecule has 1 aliphatic rings. The molecular formula is C13H16N2O. The molecule has 1 fully saturated rings. The number of hydrogen-bond acceptors (Lipinski definition) is 2. The Labute approximate surface area is 95.8 Å². The van der Waals surface area contributed by atoms with Crippen molar-refractivity contribution in [2.75, 3.05) is 13.1 Å². The van der Waals surface area contributed by atoms with E-state index < -0.39 is 0 Å². The molecule has 1 saturated heterocycles. The second-order valence-electron chi connectivity index (χ2n) is 3.97. The predicted octanol–water partition coefficient (Wildman–Crippen LogP) is 2.11. The Morgan fingerprint density at radius 2 is 2.06 bits per heavy atom. The van der Waals surface area contributed by atoms with Gasteiger partial charge in [0, 0.05) is 25.4 Å². The second kappa shape index (κ2) is 5.45. The van der Waals surface area contributed by atoms with Gasteiger partial charge >= 0.3 is 0 Å². The topological polar surface area (TPSA) is 33.2 Å². The molecule has 0 unspecified atom stereocenters. The minimum atomic E-state index is 0.102. The Kier molecular flexibility index (Phi) is 3.70. The number of piperidine rings is 1. The fourth-order valence-corrected chi connectivity index (χ4v) is 1.85. The van der Waals surface area contributed by atoms with Crippen molar-refractivity contribution >= 4 is 12.0 Å². The molecule has 0 aliphatic carbocycles. The summed E-state index contributed by atoms with van der Waals surface area (Å²) < 4.78 is 0. The summed E-state index contributed by atoms with van der Waals surface area (Å²) in [7, 11) is 0. The number of rotatable bonds is 2. The molecule has 1 aromatic rings. The van der Waals surface area contributed by atoms with E-state index in [1.165, 1.54) is 6.42 Å². The Bertz CT molecular complexity index is 367. The lowest BCUT2D eigenvalue weighted by atomic mass is 10.1. The number of likely N-dealkylation sites (tertiary alicyclic amines) is 1. The quantitative estimate of drug-likeness (QED) is 0.709. The van der Waals surface area contributed by atoms with Gasteiger partial charge in [-0.3, -0.25) is 9.78 Å². The zero-order valence-electron chi connectivity index (χ0n) is 9.30. The minimum absolute atomic E-state index is 0.102. The molecule has 2 rings (SSSR count). The molecule has 0 N–H and O–H groups in total. The van der Waals surface area contributed by atoms with Gasteiger partial charge < -0.3 is 4.90 Å². The van der Waals surface area contributed by atoms with Crippen LogP contribution in [0.3, 0.4) is 0 Å². The molecule has 3 heteroatoms. The first-order valence-electron chi connectivity index (χ1n) is 5.74. The molecule has 0 bridgehead atoms. The van der Waals surface area contributed by atoms with Crippen LogP contribution in [-0.2, 0) is 4.79 Å². The van der Waals surface area contributed by atoms with Crippen molar-refractivity contribution < 1.29 is 4.79 Å². The van der Waals surface area contributed by atoms with E-state index in [9.17, 15) is 4.79 Å². The number of hydrogen-bond donors (Lipinski definition) is 0. The van der Waals surface area contributed by atoms with Crippen LogP contribution in [0.15, 0.2) is 30.5 Å². The average Bonchev–Trinajstić information content (AvgIpc) is 2.38. The van der Waals surface area contributed by atoms with Crippen molar-refractivity contribution in [1.29, 1.82) is 0 Å². The molecule has 0 saturated carbocycles. The maximum Gasteiger partial charge on any atom is 0.246 e. The van der Waals surface area contributed by atoms with E-state index in [4.69, 9.17) is 0 Å². The highest BCUT2D eigenvalue weighted by Crippen LogP contribution is 2.09. The molecule has 1 aromatic heterocycles. The van der Waals surface area contributed by atoms with Crippen molar-refractivity contribution in [1.82, 2.24) is 9.88 Å². The summed E-state index contributed by atoms with van der Waals surface area (Å²) in [6.07, 6.45) is 8.62. The highest BCUT2D eigenvalue weighted by molar-refractivity contribution is 5.91. The number of carbonyl (C=O) groups excluding carboxylic acids is 1. The summed E-state index contributed by atoms with van der Waals surface area (Å²) in [4.78, 5) is 17.8. The monoisotopic (exact) mass is 216 g/mol. The highest BCUT2D eigenvalue weighted by Gasteiger charge is 2.13. The summed E-state index contributed by atoms with van der Waals surface area (Å²) in [6, 6.07) is 5.67. The van der Waals surface area contributed by atoms with Crippen LogP contribution in [-0.4, -0.2) is 28.9 Å². The maximum atomic E-state index is 11.8. The van der Waals surface area contributed by atoms with E-state index in [2.05, 4.69) is 4.98 Å². The normalized spacial score (nSPS) is 16.6. The van der Waals surface area contributed by atoms with Gasteiger partial charge in [-0.2, -0.15) is 0 Å². The highest BCUT2D eigenvalue weighted by atomic mass is 16.2. The van der Waals surface area contributed by atoms with Crippen molar-refractivity contribution in [3.05, 3.63) is 36.2 Å². The summed E-state index contributed by atoms with van der Waals surface area (Å²) in [5.41, 5.74) is 0.827. The number of carbonyl (C=O) groups is 1. The van der Waals surface area contributed by atoms with Crippen molar-refractivity contribution in [2.24, 2.45) is 0 Å². The smallest absolute Gasteiger partial charge is 0.246 e. The number of pyridine rings is 1. The molecule has 0 spiro atoms. The van der Waals surface area contributed by atoms with Crippen LogP contribution in [0, 0.1) is 0 Å². The first kappa shape index (κ1) is 10.9. The van der Waals surface area contributed by atoms with Gasteiger partial charge in [0.25, 0.3) is 0 Å². The first-order chi connectivity index (χ1) is 7.86. The van der Waals surface area contributed by atoms with E-state index >= 15 is 0 Å². The SMILES string of the molecule is O=C(C=Cc1ccccn1)N1CCCCC1. The Hall–Kier alpha value is -1.64. The van der Waals surface area contributed by atoms with E-state index in [0.29, 0.717) is 0 Å². The summed E-state index contributed by atoms with van der Waals surface area (Å²) in [5.74, 6) is 0.102. The Morgan fingerprint density at radius 3 is 2.75 bits per heavy atom. The number of aromatic nitrogens is 1. The minimum Gasteiger partial charge on any atom is -0.339 e. The molecule has 1 amide bonds. The van der Waals surface area contributed by atoms with Gasteiger partial charge in [0.2, 0.25) is 5.91 Å². The number of amides is 1. The fourth-order valence-electron chi connectivity index (χ4n) is 1.85. The zero-order valence-corrected chi connectivity index (χ0v) is 9.30. The molecule has 16 heavy (non-hydrogen) atoms. The Balaban J connectivity index is 1.93. The van der Waals surface area contributed by atoms with Crippen molar-refractivity contribution in [3.8, 4) is 0 Å². The lowest BCUT2D eigenvalue weighted by molar-refractivity contribution is -0.126. The molecular weight excluding hydrogens is 200 g/mol. The van der Waals surface area contributed by atoms with Gasteiger partial charge in [-0.05, 0) is 37.5 Å². The zero-order chi connectivity index (χ0) is 11.2. The lowest BCUT2D eigenvalue weighted by Gasteiger charge is -2.25. The first-order valence-corrected chi connectivity index (χ1v) is 5.74. The Morgan fingerprint density at radius 1 is 1.25 bits per heavy atom. The third kappa shape index (κ3) is 2.92. The van der Waals surface area contributed by atoms with Gasteiger partial charge in [-0.25, -0.2) is 0 Å². The van der Waals surface area contributed by atoms with Crippen LogP contribution in [0.1, 0.15) is 25.0 Å². The second-order valence-corrected chi connectivity index (χ2v) is 3.97. The number of nitrogens with zero attached hydrogens (tertiary/aromatic N) is 2. The third-order valence-corrected chi connectivity index (χ3v) is 2.75. The van der Waals surface area contributed by atoms with E-state index in [1.807, 2.05) is 23.1 Å². The predicted molar refractivity (Wildman–Crippen MR) is 63.7 cm³/mol. The molecule has 3 nitrogen and oxygen atoms in total. The molecule has 0 aromatic carbocycles. The average molecular weight is 216 g/mol. The van der Waals surface area contributed by atoms with Crippen LogP contribution in [0.4, 0.5) is 0 Å². The van der Waals surface area contributed by atoms with Gasteiger partial charge in [0.05, 0.1) is 5.69 Å². The van der Waals surface area contributed by atoms with E-state index in [1.54, 1.807) is 18.3 Å². The maximum absolute atomic E-state index is 11.8. The van der Waals surface area contributed by atoms with Crippen LogP contribution < -0.4 is 0 Å².